The number of imidazole rings is 1. The monoisotopic (exact) mass is 533 g/mol. The second kappa shape index (κ2) is 10.2. The van der Waals surface area contributed by atoms with Crippen LogP contribution in [-0.2, 0) is 10.8 Å². The first-order chi connectivity index (χ1) is 18.4. The number of aromatic nitrogens is 3. The summed E-state index contributed by atoms with van der Waals surface area (Å²) < 4.78 is 33.3. The van der Waals surface area contributed by atoms with Gasteiger partial charge in [-0.25, -0.2) is 13.9 Å². The smallest absolute Gasteiger partial charge is 0.251 e. The zero-order valence-corrected chi connectivity index (χ0v) is 21.8. The van der Waals surface area contributed by atoms with Gasteiger partial charge in [-0.2, -0.15) is 0 Å². The Labute approximate surface area is 222 Å². The first-order valence-corrected chi connectivity index (χ1v) is 14.2. The fourth-order valence-corrected chi connectivity index (χ4v) is 6.26. The van der Waals surface area contributed by atoms with E-state index in [4.69, 9.17) is 4.74 Å². The van der Waals surface area contributed by atoms with Gasteiger partial charge in [0.15, 0.2) is 5.65 Å². The molecule has 196 valence electrons. The third-order valence-electron chi connectivity index (χ3n) is 6.90. The van der Waals surface area contributed by atoms with Crippen molar-refractivity contribution < 1.29 is 18.1 Å². The van der Waals surface area contributed by atoms with E-state index in [1.807, 2.05) is 25.1 Å². The van der Waals surface area contributed by atoms with Crippen LogP contribution in [0, 0.1) is 18.7 Å². The molecule has 10 heteroatoms. The molecular weight excluding hydrogens is 505 g/mol. The van der Waals surface area contributed by atoms with Crippen molar-refractivity contribution in [3.05, 3.63) is 71.7 Å². The van der Waals surface area contributed by atoms with E-state index in [2.05, 4.69) is 20.7 Å². The summed E-state index contributed by atoms with van der Waals surface area (Å²) in [6.45, 7) is 2.57. The molecule has 2 unspecified atom stereocenters. The highest BCUT2D eigenvalue weighted by Gasteiger charge is 2.25. The maximum absolute atomic E-state index is 13.8. The fraction of sp³-hybridized carbons (Fsp3) is 0.321. The van der Waals surface area contributed by atoms with Crippen LogP contribution in [0.2, 0.25) is 0 Å². The van der Waals surface area contributed by atoms with Gasteiger partial charge < -0.3 is 15.4 Å². The van der Waals surface area contributed by atoms with E-state index < -0.39 is 16.6 Å². The SMILES string of the molecule is Cc1cc(-c2cnc3c(NCC4CCS(=O)C4)cc(Oc4cccc(F)c4)nn23)ccc1C(=O)NC1CC1. The van der Waals surface area contributed by atoms with Gasteiger partial charge in [0.05, 0.1) is 17.6 Å². The number of hydrogen-bond acceptors (Lipinski definition) is 6. The van der Waals surface area contributed by atoms with Crippen LogP contribution in [0.3, 0.4) is 0 Å². The molecule has 2 aromatic carbocycles. The predicted molar refractivity (Wildman–Crippen MR) is 145 cm³/mol. The molecule has 1 saturated heterocycles. The first-order valence-electron chi connectivity index (χ1n) is 12.8. The van der Waals surface area contributed by atoms with Crippen LogP contribution in [-0.4, -0.2) is 48.8 Å². The van der Waals surface area contributed by atoms with Crippen LogP contribution in [0.4, 0.5) is 10.1 Å². The van der Waals surface area contributed by atoms with Gasteiger partial charge in [0.2, 0.25) is 5.88 Å². The van der Waals surface area contributed by atoms with E-state index >= 15 is 0 Å². The summed E-state index contributed by atoms with van der Waals surface area (Å²) in [5.41, 5.74) is 4.41. The lowest BCUT2D eigenvalue weighted by atomic mass is 10.0. The van der Waals surface area contributed by atoms with Gasteiger partial charge in [-0.3, -0.25) is 9.00 Å². The van der Waals surface area contributed by atoms with Crippen molar-refractivity contribution in [1.29, 1.82) is 0 Å². The van der Waals surface area contributed by atoms with Gasteiger partial charge in [-0.1, -0.05) is 12.1 Å². The molecule has 0 spiro atoms. The number of rotatable bonds is 8. The van der Waals surface area contributed by atoms with Crippen molar-refractivity contribution in [3.63, 3.8) is 0 Å². The summed E-state index contributed by atoms with van der Waals surface area (Å²) in [5, 5.41) is 11.1. The highest BCUT2D eigenvalue weighted by atomic mass is 32.2. The van der Waals surface area contributed by atoms with E-state index in [0.29, 0.717) is 40.9 Å². The number of halogens is 1. The van der Waals surface area contributed by atoms with Gasteiger partial charge in [-0.05, 0) is 61.9 Å². The summed E-state index contributed by atoms with van der Waals surface area (Å²) in [6, 6.07) is 13.6. The lowest BCUT2D eigenvalue weighted by Crippen LogP contribution is -2.26. The molecule has 1 saturated carbocycles. The number of nitrogens with zero attached hydrogens (tertiary/aromatic N) is 3. The van der Waals surface area contributed by atoms with E-state index in [9.17, 15) is 13.4 Å². The van der Waals surface area contributed by atoms with E-state index in [-0.39, 0.29) is 17.8 Å². The molecule has 0 bridgehead atoms. The van der Waals surface area contributed by atoms with Crippen molar-refractivity contribution in [2.24, 2.45) is 5.92 Å². The Morgan fingerprint density at radius 1 is 1.18 bits per heavy atom. The van der Waals surface area contributed by atoms with Gasteiger partial charge in [0.25, 0.3) is 5.91 Å². The van der Waals surface area contributed by atoms with Crippen LogP contribution in [0.15, 0.2) is 54.7 Å². The molecule has 38 heavy (non-hydrogen) atoms. The minimum Gasteiger partial charge on any atom is -0.437 e. The number of carbonyl (C=O) groups excluding carboxylic acids is 1. The topological polar surface area (TPSA) is 97.6 Å². The number of aryl methyl sites for hydroxylation is 1. The lowest BCUT2D eigenvalue weighted by Gasteiger charge is -2.14. The van der Waals surface area contributed by atoms with Crippen LogP contribution in [0.1, 0.15) is 35.2 Å². The average Bonchev–Trinajstić information content (AvgIpc) is 3.44. The summed E-state index contributed by atoms with van der Waals surface area (Å²) in [6.07, 6.45) is 4.72. The standard InChI is InChI=1S/C28H28FN5O3S/c1-17-11-19(5-8-23(17)28(35)32-21-6-7-21)25-15-31-27-24(30-14-18-9-10-38(36)16-18)13-26(33-34(25)27)37-22-4-2-3-20(29)12-22/h2-5,8,11-13,15,18,21,30H,6-7,9-10,14,16H2,1H3,(H,32,35). The van der Waals surface area contributed by atoms with Gasteiger partial charge in [0.1, 0.15) is 11.6 Å². The molecule has 2 atom stereocenters. The van der Waals surface area contributed by atoms with Crippen molar-refractivity contribution >= 4 is 28.0 Å². The largest absolute Gasteiger partial charge is 0.437 e. The Bertz CT molecular complexity index is 1550. The molecule has 6 rings (SSSR count). The number of amides is 1. The first kappa shape index (κ1) is 24.5. The van der Waals surface area contributed by atoms with E-state index in [1.54, 1.807) is 28.9 Å². The molecule has 1 aliphatic carbocycles. The molecule has 2 aromatic heterocycles. The number of nitrogens with one attached hydrogen (secondary N) is 2. The predicted octanol–water partition coefficient (Wildman–Crippen LogP) is 4.71. The summed E-state index contributed by atoms with van der Waals surface area (Å²) >= 11 is 0. The second-order valence-electron chi connectivity index (χ2n) is 9.96. The van der Waals surface area contributed by atoms with Crippen LogP contribution < -0.4 is 15.4 Å². The maximum atomic E-state index is 13.8. The number of anilines is 1. The molecule has 1 aliphatic heterocycles. The molecule has 0 radical (unpaired) electrons. The van der Waals surface area contributed by atoms with E-state index in [1.165, 1.54) is 12.1 Å². The van der Waals surface area contributed by atoms with Crippen LogP contribution in [0.5, 0.6) is 11.6 Å². The Kier molecular flexibility index (Phi) is 6.57. The van der Waals surface area contributed by atoms with Crippen molar-refractivity contribution in [3.8, 4) is 22.9 Å². The molecule has 2 N–H and O–H groups in total. The quantitative estimate of drug-likeness (QED) is 0.341. The van der Waals surface area contributed by atoms with Crippen LogP contribution >= 0.6 is 0 Å². The number of ether oxygens (including phenoxy) is 1. The highest BCUT2D eigenvalue weighted by molar-refractivity contribution is 7.85. The Balaban J connectivity index is 1.35. The third kappa shape index (κ3) is 5.26. The van der Waals surface area contributed by atoms with Crippen molar-refractivity contribution in [2.45, 2.75) is 32.2 Å². The Morgan fingerprint density at radius 2 is 2.05 bits per heavy atom. The van der Waals surface area contributed by atoms with Gasteiger partial charge in [0, 0.05) is 58.2 Å². The molecule has 1 amide bonds. The third-order valence-corrected chi connectivity index (χ3v) is 8.43. The van der Waals surface area contributed by atoms with Crippen molar-refractivity contribution in [2.75, 3.05) is 23.4 Å². The average molecular weight is 534 g/mol. The van der Waals surface area contributed by atoms with Gasteiger partial charge in [-0.15, -0.1) is 5.10 Å². The maximum Gasteiger partial charge on any atom is 0.251 e. The number of carbonyl (C=O) groups is 1. The van der Waals surface area contributed by atoms with Gasteiger partial charge >= 0.3 is 0 Å². The summed E-state index contributed by atoms with van der Waals surface area (Å²) in [7, 11) is -0.762. The number of hydrogen-bond donors (Lipinski definition) is 2. The number of fused-ring (bicyclic) bond motifs is 1. The van der Waals surface area contributed by atoms with Crippen molar-refractivity contribution in [1.82, 2.24) is 19.9 Å². The lowest BCUT2D eigenvalue weighted by molar-refractivity contribution is 0.0950. The summed E-state index contributed by atoms with van der Waals surface area (Å²) in [4.78, 5) is 17.2. The highest BCUT2D eigenvalue weighted by Crippen LogP contribution is 2.31. The van der Waals surface area contributed by atoms with Crippen LogP contribution in [0.25, 0.3) is 16.9 Å². The molecule has 2 aliphatic rings. The molecule has 3 heterocycles. The normalized spacial score (nSPS) is 19.0. The minimum absolute atomic E-state index is 0.0575. The second-order valence-corrected chi connectivity index (χ2v) is 11.6. The summed E-state index contributed by atoms with van der Waals surface area (Å²) in [5.74, 6) is 1.87. The Hall–Kier alpha value is -3.79. The zero-order valence-electron chi connectivity index (χ0n) is 20.9. The number of benzene rings is 2. The molecule has 4 aromatic rings. The minimum atomic E-state index is -0.762. The Morgan fingerprint density at radius 3 is 2.79 bits per heavy atom. The van der Waals surface area contributed by atoms with E-state index in [0.717, 1.165) is 41.8 Å². The molecular formula is C28H28FN5O3S. The fourth-order valence-electron chi connectivity index (χ4n) is 4.69. The zero-order chi connectivity index (χ0) is 26.2. The molecule has 2 fully saturated rings. The molecule has 8 nitrogen and oxygen atoms in total.